The highest BCUT2D eigenvalue weighted by Gasteiger charge is 2.14. The summed E-state index contributed by atoms with van der Waals surface area (Å²) in [6.07, 6.45) is 0. The molecule has 5 rings (SSSR count). The smallest absolute Gasteiger partial charge is 0.255 e. The second-order valence-corrected chi connectivity index (χ2v) is 9.01. The van der Waals surface area contributed by atoms with Crippen LogP contribution in [-0.2, 0) is 0 Å². The molecule has 0 atom stereocenters. The average molecular weight is 541 g/mol. The van der Waals surface area contributed by atoms with Crippen molar-refractivity contribution in [2.45, 2.75) is 6.92 Å². The number of halogens is 1. The van der Waals surface area contributed by atoms with Gasteiger partial charge in [-0.2, -0.15) is 0 Å². The third kappa shape index (κ3) is 4.50. The Morgan fingerprint density at radius 2 is 1.30 bits per heavy atom. The number of nitrogens with zero attached hydrogens (tertiary/aromatic N) is 2. The second-order valence-electron chi connectivity index (χ2n) is 7.77. The molecule has 0 aliphatic heterocycles. The van der Waals surface area contributed by atoms with Crippen molar-refractivity contribution in [3.63, 3.8) is 0 Å². The van der Waals surface area contributed by atoms with Gasteiger partial charge in [0.15, 0.2) is 0 Å². The van der Waals surface area contributed by atoms with Crippen LogP contribution in [0.15, 0.2) is 97.1 Å². The van der Waals surface area contributed by atoms with Crippen LogP contribution < -0.4 is 5.32 Å². The van der Waals surface area contributed by atoms with Gasteiger partial charge in [0.25, 0.3) is 5.91 Å². The van der Waals surface area contributed by atoms with Crippen LogP contribution in [0.2, 0.25) is 0 Å². The Bertz CT molecular complexity index is 1460. The number of hydrogen-bond acceptors (Lipinski definition) is 3. The van der Waals surface area contributed by atoms with Gasteiger partial charge in [-0.3, -0.25) is 4.79 Å². The lowest BCUT2D eigenvalue weighted by Gasteiger charge is -2.12. The number of nitrogens with one attached hydrogen (secondary N) is 1. The number of benzene rings is 4. The van der Waals surface area contributed by atoms with Gasteiger partial charge in [-0.05, 0) is 77.5 Å². The zero-order valence-electron chi connectivity index (χ0n) is 17.9. The first-order chi connectivity index (χ1) is 16.1. The van der Waals surface area contributed by atoms with Crippen molar-refractivity contribution in [3.05, 3.63) is 112 Å². The molecular weight excluding hydrogens is 521 g/mol. The quantitative estimate of drug-likeness (QED) is 0.247. The van der Waals surface area contributed by atoms with Crippen molar-refractivity contribution in [1.82, 2.24) is 9.97 Å². The third-order valence-electron chi connectivity index (χ3n) is 5.47. The summed E-state index contributed by atoms with van der Waals surface area (Å²) in [4.78, 5) is 22.7. The van der Waals surface area contributed by atoms with Crippen molar-refractivity contribution < 1.29 is 4.79 Å². The minimum atomic E-state index is -0.140. The van der Waals surface area contributed by atoms with Gasteiger partial charge in [0.2, 0.25) is 0 Å². The first-order valence-corrected chi connectivity index (χ1v) is 11.7. The molecular formula is C28H20IN3O. The molecule has 0 fully saturated rings. The number of rotatable bonds is 4. The molecule has 5 aromatic rings. The van der Waals surface area contributed by atoms with E-state index in [4.69, 9.17) is 9.97 Å². The van der Waals surface area contributed by atoms with E-state index in [1.165, 1.54) is 0 Å². The highest BCUT2D eigenvalue weighted by atomic mass is 127. The van der Waals surface area contributed by atoms with Gasteiger partial charge >= 0.3 is 0 Å². The molecule has 0 radical (unpaired) electrons. The van der Waals surface area contributed by atoms with Crippen LogP contribution in [0.5, 0.6) is 0 Å². The molecule has 0 spiro atoms. The third-order valence-corrected chi connectivity index (χ3v) is 6.15. The van der Waals surface area contributed by atoms with E-state index in [2.05, 4.69) is 27.9 Å². The van der Waals surface area contributed by atoms with Crippen LogP contribution in [-0.4, -0.2) is 15.9 Å². The van der Waals surface area contributed by atoms with Crippen LogP contribution in [0.1, 0.15) is 15.9 Å². The van der Waals surface area contributed by atoms with Crippen LogP contribution in [0.4, 0.5) is 5.69 Å². The normalized spacial score (nSPS) is 10.8. The van der Waals surface area contributed by atoms with E-state index in [-0.39, 0.29) is 5.91 Å². The van der Waals surface area contributed by atoms with E-state index in [0.717, 1.165) is 48.4 Å². The predicted molar refractivity (Wildman–Crippen MR) is 142 cm³/mol. The maximum absolute atomic E-state index is 12.8. The molecule has 33 heavy (non-hydrogen) atoms. The summed E-state index contributed by atoms with van der Waals surface area (Å²) in [5, 5.41) is 3.00. The molecule has 0 bridgehead atoms. The topological polar surface area (TPSA) is 54.9 Å². The molecule has 0 aliphatic rings. The van der Waals surface area contributed by atoms with Gasteiger partial charge < -0.3 is 5.32 Å². The Balaban J connectivity index is 1.51. The van der Waals surface area contributed by atoms with Gasteiger partial charge in [0.05, 0.1) is 22.4 Å². The maximum Gasteiger partial charge on any atom is 0.255 e. The largest absolute Gasteiger partial charge is 0.322 e. The average Bonchev–Trinajstić information content (AvgIpc) is 2.85. The van der Waals surface area contributed by atoms with Crippen LogP contribution >= 0.6 is 22.6 Å². The van der Waals surface area contributed by atoms with Crippen molar-refractivity contribution >= 4 is 45.2 Å². The molecule has 4 nitrogen and oxygen atoms in total. The Hall–Kier alpha value is -3.58. The monoisotopic (exact) mass is 541 g/mol. The number of para-hydroxylation sites is 2. The molecule has 1 aromatic heterocycles. The van der Waals surface area contributed by atoms with Crippen LogP contribution in [0, 0.1) is 10.5 Å². The fourth-order valence-corrected chi connectivity index (χ4v) is 4.39. The number of anilines is 1. The molecule has 4 aromatic carbocycles. The first kappa shape index (κ1) is 21.3. The van der Waals surface area contributed by atoms with Gasteiger partial charge in [-0.1, -0.05) is 54.6 Å². The molecule has 5 heteroatoms. The fourth-order valence-electron chi connectivity index (χ4n) is 3.74. The predicted octanol–water partition coefficient (Wildman–Crippen LogP) is 7.13. The number of fused-ring (bicyclic) bond motifs is 1. The van der Waals surface area contributed by atoms with E-state index in [1.54, 1.807) is 0 Å². The summed E-state index contributed by atoms with van der Waals surface area (Å²) >= 11 is 2.26. The van der Waals surface area contributed by atoms with Gasteiger partial charge in [-0.15, -0.1) is 0 Å². The van der Waals surface area contributed by atoms with Gasteiger partial charge in [0, 0.05) is 25.9 Å². The van der Waals surface area contributed by atoms with E-state index >= 15 is 0 Å². The molecule has 1 amide bonds. The lowest BCUT2D eigenvalue weighted by atomic mass is 10.0. The van der Waals surface area contributed by atoms with Crippen molar-refractivity contribution in [3.8, 4) is 22.5 Å². The number of carbonyl (C=O) groups is 1. The summed E-state index contributed by atoms with van der Waals surface area (Å²) in [5.41, 5.74) is 7.65. The molecule has 0 saturated carbocycles. The minimum Gasteiger partial charge on any atom is -0.322 e. The van der Waals surface area contributed by atoms with Gasteiger partial charge in [0.1, 0.15) is 0 Å². The van der Waals surface area contributed by atoms with E-state index < -0.39 is 0 Å². The molecule has 160 valence electrons. The summed E-state index contributed by atoms with van der Waals surface area (Å²) in [6, 6.07) is 31.4. The van der Waals surface area contributed by atoms with Crippen molar-refractivity contribution in [1.29, 1.82) is 0 Å². The van der Waals surface area contributed by atoms with E-state index in [9.17, 15) is 4.79 Å². The first-order valence-electron chi connectivity index (χ1n) is 10.6. The molecule has 0 unspecified atom stereocenters. The lowest BCUT2D eigenvalue weighted by Crippen LogP contribution is -2.12. The number of aromatic nitrogens is 2. The summed E-state index contributed by atoms with van der Waals surface area (Å²) in [5.74, 6) is -0.140. The number of amides is 1. The zero-order valence-corrected chi connectivity index (χ0v) is 20.1. The molecule has 0 aliphatic carbocycles. The Morgan fingerprint density at radius 1 is 0.727 bits per heavy atom. The molecule has 1 heterocycles. The van der Waals surface area contributed by atoms with E-state index in [1.807, 2.05) is 104 Å². The second kappa shape index (κ2) is 9.11. The number of aryl methyl sites for hydroxylation is 1. The molecule has 0 saturated heterocycles. The fraction of sp³-hybridized carbons (Fsp3) is 0.0357. The van der Waals surface area contributed by atoms with Crippen molar-refractivity contribution in [2.24, 2.45) is 0 Å². The maximum atomic E-state index is 12.8. The highest BCUT2D eigenvalue weighted by molar-refractivity contribution is 14.1. The summed E-state index contributed by atoms with van der Waals surface area (Å²) < 4.78 is 1.14. The number of hydrogen-bond donors (Lipinski definition) is 1. The van der Waals surface area contributed by atoms with Crippen LogP contribution in [0.3, 0.4) is 0 Å². The molecule has 1 N–H and O–H groups in total. The highest BCUT2D eigenvalue weighted by Crippen LogP contribution is 2.31. The zero-order chi connectivity index (χ0) is 22.8. The summed E-state index contributed by atoms with van der Waals surface area (Å²) in [6.45, 7) is 1.99. The van der Waals surface area contributed by atoms with Crippen molar-refractivity contribution in [2.75, 3.05) is 5.32 Å². The minimum absolute atomic E-state index is 0.140. The van der Waals surface area contributed by atoms with Gasteiger partial charge in [-0.25, -0.2) is 9.97 Å². The Morgan fingerprint density at radius 3 is 1.91 bits per heavy atom. The van der Waals surface area contributed by atoms with E-state index in [0.29, 0.717) is 5.56 Å². The summed E-state index contributed by atoms with van der Waals surface area (Å²) in [7, 11) is 0. The Kier molecular flexibility index (Phi) is 5.88. The van der Waals surface area contributed by atoms with Crippen LogP contribution in [0.25, 0.3) is 33.5 Å². The number of carbonyl (C=O) groups excluding carboxylic acids is 1. The standard InChI is InChI=1S/C28H20IN3O/c1-18-17-22(29)15-16-23(18)32-28(33)21-13-11-20(12-14-21)27-26(19-7-3-2-4-8-19)30-24-9-5-6-10-25(24)31-27/h2-17H,1H3,(H,32,33). The lowest BCUT2D eigenvalue weighted by molar-refractivity contribution is 0.102. The SMILES string of the molecule is Cc1cc(I)ccc1NC(=O)c1ccc(-c2nc3ccccc3nc2-c2ccccc2)cc1. The Labute approximate surface area is 205 Å².